The summed E-state index contributed by atoms with van der Waals surface area (Å²) in [6.45, 7) is 1.91. The van der Waals surface area contributed by atoms with Crippen LogP contribution in [0.2, 0.25) is 0 Å². The molecule has 0 aromatic rings. The van der Waals surface area contributed by atoms with Crippen molar-refractivity contribution in [1.82, 2.24) is 4.90 Å². The van der Waals surface area contributed by atoms with Crippen LogP contribution in [0.15, 0.2) is 0 Å². The highest BCUT2D eigenvalue weighted by Crippen LogP contribution is 2.00. The van der Waals surface area contributed by atoms with Gasteiger partial charge in [-0.3, -0.25) is 4.79 Å². The van der Waals surface area contributed by atoms with E-state index in [0.29, 0.717) is 6.42 Å². The molecule has 0 heterocycles. The molecule has 12 heavy (non-hydrogen) atoms. The monoisotopic (exact) mass is 170 g/mol. The molecule has 0 N–H and O–H groups in total. The Kier molecular flexibility index (Phi) is 5.06. The molecule has 0 rings (SSSR count). The fourth-order valence-corrected chi connectivity index (χ4v) is 0.740. The summed E-state index contributed by atoms with van der Waals surface area (Å²) in [5.74, 6) is -0.0970. The number of rotatable bonds is 4. The van der Waals surface area contributed by atoms with Crippen molar-refractivity contribution in [3.8, 4) is 6.07 Å². The van der Waals surface area contributed by atoms with Gasteiger partial charge in [-0.25, -0.2) is 0 Å². The van der Waals surface area contributed by atoms with Gasteiger partial charge in [0.2, 0.25) is 5.91 Å². The molecular weight excluding hydrogens is 156 g/mol. The molecule has 68 valence electrons. The van der Waals surface area contributed by atoms with Crippen LogP contribution in [0.5, 0.6) is 0 Å². The Balaban J connectivity index is 3.92. The number of nitriles is 1. The van der Waals surface area contributed by atoms with Crippen molar-refractivity contribution in [3.05, 3.63) is 0 Å². The predicted molar refractivity (Wildman–Crippen MR) is 44.3 cm³/mol. The molecule has 4 nitrogen and oxygen atoms in total. The number of ether oxygens (including phenoxy) is 1. The maximum atomic E-state index is 11.2. The zero-order valence-electron chi connectivity index (χ0n) is 7.70. The standard InChI is InChI=1S/C8H14N2O2/c1-7(4-5-9)10(2)8(11)6-12-3/h7H,4,6H2,1-3H3. The number of methoxy groups -OCH3 is 1. The average Bonchev–Trinajstić information content (AvgIpc) is 2.04. The molecule has 0 aliphatic rings. The third-order valence-corrected chi connectivity index (χ3v) is 1.71. The van der Waals surface area contributed by atoms with Crippen LogP contribution in [0.1, 0.15) is 13.3 Å². The molecule has 0 saturated heterocycles. The Morgan fingerprint density at radius 1 is 1.75 bits per heavy atom. The number of carbonyl (C=O) groups excluding carboxylic acids is 1. The molecule has 1 atom stereocenters. The SMILES string of the molecule is COCC(=O)N(C)C(C)CC#N. The van der Waals surface area contributed by atoms with Gasteiger partial charge in [-0.05, 0) is 6.92 Å². The van der Waals surface area contributed by atoms with Crippen molar-refractivity contribution >= 4 is 5.91 Å². The lowest BCUT2D eigenvalue weighted by Gasteiger charge is -2.22. The fourth-order valence-electron chi connectivity index (χ4n) is 0.740. The lowest BCUT2D eigenvalue weighted by molar-refractivity contribution is -0.135. The van der Waals surface area contributed by atoms with Gasteiger partial charge in [-0.15, -0.1) is 0 Å². The number of likely N-dealkylation sites (N-methyl/N-ethyl adjacent to an activating group) is 1. The van der Waals surface area contributed by atoms with Gasteiger partial charge in [0, 0.05) is 20.2 Å². The number of nitrogens with zero attached hydrogens (tertiary/aromatic N) is 2. The van der Waals surface area contributed by atoms with E-state index in [1.165, 1.54) is 12.0 Å². The molecule has 1 unspecified atom stereocenters. The Hall–Kier alpha value is -1.08. The highest BCUT2D eigenvalue weighted by Gasteiger charge is 2.14. The first kappa shape index (κ1) is 10.9. The van der Waals surface area contributed by atoms with Crippen molar-refractivity contribution in [2.75, 3.05) is 20.8 Å². The molecule has 0 saturated carbocycles. The second kappa shape index (κ2) is 5.56. The second-order valence-electron chi connectivity index (χ2n) is 2.65. The largest absolute Gasteiger partial charge is 0.375 e. The number of hydrogen-bond acceptors (Lipinski definition) is 3. The van der Waals surface area contributed by atoms with E-state index in [1.54, 1.807) is 7.05 Å². The van der Waals surface area contributed by atoms with Crippen LogP contribution in [0, 0.1) is 11.3 Å². The van der Waals surface area contributed by atoms with Crippen LogP contribution in [0.3, 0.4) is 0 Å². The summed E-state index contributed by atoms with van der Waals surface area (Å²) < 4.78 is 4.68. The van der Waals surface area contributed by atoms with Gasteiger partial charge < -0.3 is 9.64 Å². The molecule has 0 fully saturated rings. The van der Waals surface area contributed by atoms with Gasteiger partial charge in [0.15, 0.2) is 0 Å². The third kappa shape index (κ3) is 3.35. The molecular formula is C8H14N2O2. The molecule has 0 spiro atoms. The molecule has 0 radical (unpaired) electrons. The van der Waals surface area contributed by atoms with E-state index < -0.39 is 0 Å². The minimum Gasteiger partial charge on any atom is -0.375 e. The number of hydrogen-bond donors (Lipinski definition) is 0. The van der Waals surface area contributed by atoms with Crippen molar-refractivity contribution < 1.29 is 9.53 Å². The summed E-state index contributed by atoms with van der Waals surface area (Å²) in [6.07, 6.45) is 0.353. The molecule has 0 aliphatic carbocycles. The second-order valence-corrected chi connectivity index (χ2v) is 2.65. The molecule has 4 heteroatoms. The minimum absolute atomic E-state index is 0.0438. The van der Waals surface area contributed by atoms with Crippen LogP contribution < -0.4 is 0 Å². The smallest absolute Gasteiger partial charge is 0.248 e. The summed E-state index contributed by atoms with van der Waals surface area (Å²) in [5, 5.41) is 8.38. The van der Waals surface area contributed by atoms with E-state index in [2.05, 4.69) is 4.74 Å². The minimum atomic E-state index is -0.0970. The van der Waals surface area contributed by atoms with Crippen molar-refractivity contribution in [3.63, 3.8) is 0 Å². The van der Waals surface area contributed by atoms with E-state index in [1.807, 2.05) is 13.0 Å². The molecule has 0 bridgehead atoms. The van der Waals surface area contributed by atoms with Crippen LogP contribution in [-0.2, 0) is 9.53 Å². The normalized spacial score (nSPS) is 11.8. The number of amides is 1. The van der Waals surface area contributed by atoms with Gasteiger partial charge in [0.25, 0.3) is 0 Å². The van der Waals surface area contributed by atoms with E-state index in [-0.39, 0.29) is 18.6 Å². The van der Waals surface area contributed by atoms with Gasteiger partial charge in [-0.1, -0.05) is 0 Å². The summed E-state index contributed by atoms with van der Waals surface area (Å²) >= 11 is 0. The van der Waals surface area contributed by atoms with Crippen molar-refractivity contribution in [2.45, 2.75) is 19.4 Å². The highest BCUT2D eigenvalue weighted by molar-refractivity contribution is 5.77. The first-order chi connectivity index (χ1) is 5.63. The van der Waals surface area contributed by atoms with Crippen molar-refractivity contribution in [2.24, 2.45) is 0 Å². The first-order valence-corrected chi connectivity index (χ1v) is 3.75. The summed E-state index contributed by atoms with van der Waals surface area (Å²) in [5.41, 5.74) is 0. The zero-order chi connectivity index (χ0) is 9.56. The lowest BCUT2D eigenvalue weighted by Crippen LogP contribution is -2.37. The molecule has 0 aliphatic heterocycles. The van der Waals surface area contributed by atoms with Gasteiger partial charge in [0.05, 0.1) is 12.5 Å². The van der Waals surface area contributed by atoms with E-state index >= 15 is 0 Å². The molecule has 0 aromatic heterocycles. The molecule has 1 amide bonds. The van der Waals surface area contributed by atoms with Crippen LogP contribution >= 0.6 is 0 Å². The highest BCUT2D eigenvalue weighted by atomic mass is 16.5. The topological polar surface area (TPSA) is 53.3 Å². The van der Waals surface area contributed by atoms with Crippen LogP contribution in [0.4, 0.5) is 0 Å². The zero-order valence-corrected chi connectivity index (χ0v) is 7.70. The Labute approximate surface area is 72.7 Å². The number of carbonyl (C=O) groups is 1. The lowest BCUT2D eigenvalue weighted by atomic mass is 10.2. The van der Waals surface area contributed by atoms with E-state index in [4.69, 9.17) is 5.26 Å². The third-order valence-electron chi connectivity index (χ3n) is 1.71. The maximum Gasteiger partial charge on any atom is 0.248 e. The van der Waals surface area contributed by atoms with E-state index in [9.17, 15) is 4.79 Å². The van der Waals surface area contributed by atoms with Gasteiger partial charge >= 0.3 is 0 Å². The Morgan fingerprint density at radius 2 is 2.33 bits per heavy atom. The van der Waals surface area contributed by atoms with Crippen LogP contribution in [0.25, 0.3) is 0 Å². The Morgan fingerprint density at radius 3 is 2.75 bits per heavy atom. The quantitative estimate of drug-likeness (QED) is 0.613. The average molecular weight is 170 g/mol. The van der Waals surface area contributed by atoms with Crippen LogP contribution in [-0.4, -0.2) is 37.6 Å². The fraction of sp³-hybridized carbons (Fsp3) is 0.750. The summed E-state index contributed by atoms with van der Waals surface area (Å²) in [4.78, 5) is 12.7. The Bertz CT molecular complexity index is 186. The van der Waals surface area contributed by atoms with Gasteiger partial charge in [0.1, 0.15) is 6.61 Å². The maximum absolute atomic E-state index is 11.2. The summed E-state index contributed by atoms with van der Waals surface area (Å²) in [7, 11) is 3.14. The summed E-state index contributed by atoms with van der Waals surface area (Å²) in [6, 6.07) is 1.97. The predicted octanol–water partition coefficient (Wildman–Crippen LogP) is 0.393. The molecule has 0 aromatic carbocycles. The van der Waals surface area contributed by atoms with Gasteiger partial charge in [-0.2, -0.15) is 5.26 Å². The van der Waals surface area contributed by atoms with Crippen molar-refractivity contribution in [1.29, 1.82) is 5.26 Å². The first-order valence-electron chi connectivity index (χ1n) is 3.75. The van der Waals surface area contributed by atoms with E-state index in [0.717, 1.165) is 0 Å².